The summed E-state index contributed by atoms with van der Waals surface area (Å²) in [6.07, 6.45) is 4.36. The molecule has 1 aliphatic heterocycles. The van der Waals surface area contributed by atoms with Crippen LogP contribution in [0, 0.1) is 5.82 Å². The average Bonchev–Trinajstić information content (AvgIpc) is 3.02. The van der Waals surface area contributed by atoms with E-state index in [0.29, 0.717) is 12.4 Å². The van der Waals surface area contributed by atoms with Crippen molar-refractivity contribution < 1.29 is 23.5 Å². The fourth-order valence-electron chi connectivity index (χ4n) is 2.85. The number of imide groups is 1. The van der Waals surface area contributed by atoms with Crippen molar-refractivity contribution in [2.45, 2.75) is 6.92 Å². The second kappa shape index (κ2) is 10.6. The van der Waals surface area contributed by atoms with E-state index in [9.17, 15) is 18.8 Å². The van der Waals surface area contributed by atoms with Gasteiger partial charge in [0.25, 0.3) is 11.1 Å². The molecule has 0 atom stereocenters. The molecule has 3 amide bonds. The third kappa shape index (κ3) is 5.82. The lowest BCUT2D eigenvalue weighted by molar-refractivity contribution is -0.123. The molecule has 0 bridgehead atoms. The molecular formula is C23H21FN2O4S. The summed E-state index contributed by atoms with van der Waals surface area (Å²) in [5.41, 5.74) is 1.00. The second-order valence-corrected chi connectivity index (χ2v) is 7.44. The van der Waals surface area contributed by atoms with Crippen molar-refractivity contribution in [1.82, 2.24) is 10.2 Å². The summed E-state index contributed by atoms with van der Waals surface area (Å²) in [5.74, 6) is -0.665. The highest BCUT2D eigenvalue weighted by Crippen LogP contribution is 2.32. The number of benzene rings is 2. The third-order valence-corrected chi connectivity index (χ3v) is 5.24. The largest absolute Gasteiger partial charge is 0.493 e. The Labute approximate surface area is 183 Å². The molecule has 2 aromatic carbocycles. The van der Waals surface area contributed by atoms with Crippen molar-refractivity contribution in [3.8, 4) is 5.75 Å². The molecule has 1 saturated heterocycles. The Kier molecular flexibility index (Phi) is 7.61. The molecule has 8 heteroatoms. The molecule has 0 aromatic heterocycles. The predicted octanol–water partition coefficient (Wildman–Crippen LogP) is 4.09. The lowest BCUT2D eigenvalue weighted by Crippen LogP contribution is -2.36. The van der Waals surface area contributed by atoms with Crippen LogP contribution in [0.15, 0.2) is 59.5 Å². The van der Waals surface area contributed by atoms with E-state index in [1.165, 1.54) is 24.3 Å². The lowest BCUT2D eigenvalue weighted by atomic mass is 10.2. The van der Waals surface area contributed by atoms with Gasteiger partial charge < -0.3 is 10.1 Å². The number of carbonyl (C=O) groups is 3. The van der Waals surface area contributed by atoms with Crippen molar-refractivity contribution >= 4 is 41.0 Å². The van der Waals surface area contributed by atoms with Crippen molar-refractivity contribution in [1.29, 1.82) is 0 Å². The van der Waals surface area contributed by atoms with Gasteiger partial charge in [-0.1, -0.05) is 36.4 Å². The molecule has 1 heterocycles. The number of para-hydroxylation sites is 1. The van der Waals surface area contributed by atoms with Crippen LogP contribution in [0.1, 0.15) is 18.1 Å². The van der Waals surface area contributed by atoms with Gasteiger partial charge >= 0.3 is 0 Å². The van der Waals surface area contributed by atoms with Crippen LogP contribution in [0.5, 0.6) is 5.75 Å². The summed E-state index contributed by atoms with van der Waals surface area (Å²) in [6, 6.07) is 13.3. The van der Waals surface area contributed by atoms with Crippen LogP contribution >= 0.6 is 11.8 Å². The van der Waals surface area contributed by atoms with Crippen LogP contribution in [0.2, 0.25) is 0 Å². The molecule has 1 N–H and O–H groups in total. The van der Waals surface area contributed by atoms with E-state index in [1.807, 2.05) is 31.2 Å². The lowest BCUT2D eigenvalue weighted by Gasteiger charge is -2.12. The zero-order chi connectivity index (χ0) is 22.2. The Morgan fingerprint density at radius 2 is 1.84 bits per heavy atom. The Bertz CT molecular complexity index is 1050. The van der Waals surface area contributed by atoms with Gasteiger partial charge in [-0.25, -0.2) is 4.39 Å². The number of carbonyl (C=O) groups excluding carboxylic acids is 3. The number of hydrogen-bond donors (Lipinski definition) is 1. The molecule has 2 aromatic rings. The monoisotopic (exact) mass is 440 g/mol. The summed E-state index contributed by atoms with van der Waals surface area (Å²) >= 11 is 0.749. The zero-order valence-electron chi connectivity index (χ0n) is 16.8. The summed E-state index contributed by atoms with van der Waals surface area (Å²) in [5, 5.41) is 2.19. The van der Waals surface area contributed by atoms with E-state index >= 15 is 0 Å². The number of hydrogen-bond acceptors (Lipinski definition) is 5. The Hall–Kier alpha value is -3.39. The van der Waals surface area contributed by atoms with E-state index in [4.69, 9.17) is 4.74 Å². The van der Waals surface area contributed by atoms with E-state index in [0.717, 1.165) is 22.2 Å². The van der Waals surface area contributed by atoms with E-state index in [1.54, 1.807) is 18.2 Å². The van der Waals surface area contributed by atoms with Gasteiger partial charge in [-0.15, -0.1) is 0 Å². The van der Waals surface area contributed by atoms with Crippen molar-refractivity contribution in [2.24, 2.45) is 0 Å². The minimum Gasteiger partial charge on any atom is -0.493 e. The molecule has 31 heavy (non-hydrogen) atoms. The normalized spacial score (nSPS) is 15.2. The first-order valence-corrected chi connectivity index (χ1v) is 10.5. The summed E-state index contributed by atoms with van der Waals surface area (Å²) in [6.45, 7) is 2.51. The highest BCUT2D eigenvalue weighted by Gasteiger charge is 2.34. The van der Waals surface area contributed by atoms with Gasteiger partial charge in [-0.3, -0.25) is 19.3 Å². The van der Waals surface area contributed by atoms with Gasteiger partial charge in [0.2, 0.25) is 5.91 Å². The summed E-state index contributed by atoms with van der Waals surface area (Å²) in [4.78, 5) is 37.9. The maximum atomic E-state index is 13.8. The number of ether oxygens (including phenoxy) is 1. The standard InChI is InChI=1S/C23H21FN2O4S/c1-2-30-19-10-6-4-7-16(19)11-12-21(27)25-13-14-26-22(28)20(31-23(26)29)15-17-8-3-5-9-18(17)24/h3-12,15H,2,13-14H2,1H3,(H,25,27)/b12-11+,20-15-. The molecule has 0 aliphatic carbocycles. The third-order valence-electron chi connectivity index (χ3n) is 4.33. The molecule has 6 nitrogen and oxygen atoms in total. The fraction of sp³-hybridized carbons (Fsp3) is 0.174. The van der Waals surface area contributed by atoms with Gasteiger partial charge in [-0.2, -0.15) is 0 Å². The zero-order valence-corrected chi connectivity index (χ0v) is 17.7. The molecular weight excluding hydrogens is 419 g/mol. The first-order chi connectivity index (χ1) is 15.0. The van der Waals surface area contributed by atoms with Crippen LogP contribution in [-0.4, -0.2) is 41.6 Å². The van der Waals surface area contributed by atoms with Crippen LogP contribution < -0.4 is 10.1 Å². The Balaban J connectivity index is 1.54. The van der Waals surface area contributed by atoms with Crippen molar-refractivity contribution in [3.63, 3.8) is 0 Å². The summed E-state index contributed by atoms with van der Waals surface area (Å²) < 4.78 is 19.3. The smallest absolute Gasteiger partial charge is 0.293 e. The van der Waals surface area contributed by atoms with Crippen LogP contribution in [0.25, 0.3) is 12.2 Å². The van der Waals surface area contributed by atoms with Crippen molar-refractivity contribution in [2.75, 3.05) is 19.7 Å². The van der Waals surface area contributed by atoms with Crippen LogP contribution in [0.4, 0.5) is 9.18 Å². The minimum atomic E-state index is -0.506. The molecule has 0 saturated carbocycles. The minimum absolute atomic E-state index is 0.0222. The molecule has 0 unspecified atom stereocenters. The quantitative estimate of drug-likeness (QED) is 0.626. The maximum absolute atomic E-state index is 13.8. The topological polar surface area (TPSA) is 75.7 Å². The number of amides is 3. The van der Waals surface area contributed by atoms with Crippen LogP contribution in [0.3, 0.4) is 0 Å². The Morgan fingerprint density at radius 3 is 2.58 bits per heavy atom. The fourth-order valence-corrected chi connectivity index (χ4v) is 3.70. The second-order valence-electron chi connectivity index (χ2n) is 6.45. The molecule has 1 fully saturated rings. The van der Waals surface area contributed by atoms with Gasteiger partial charge in [0.1, 0.15) is 11.6 Å². The molecule has 160 valence electrons. The highest BCUT2D eigenvalue weighted by molar-refractivity contribution is 8.18. The highest BCUT2D eigenvalue weighted by atomic mass is 32.2. The maximum Gasteiger partial charge on any atom is 0.293 e. The van der Waals surface area contributed by atoms with Gasteiger partial charge in [-0.05, 0) is 43.0 Å². The van der Waals surface area contributed by atoms with E-state index in [2.05, 4.69) is 5.32 Å². The number of nitrogens with one attached hydrogen (secondary N) is 1. The van der Waals surface area contributed by atoms with Gasteiger partial charge in [0.05, 0.1) is 11.5 Å². The first kappa shape index (κ1) is 22.3. The van der Waals surface area contributed by atoms with E-state index < -0.39 is 17.0 Å². The molecule has 0 spiro atoms. The first-order valence-electron chi connectivity index (χ1n) is 9.67. The molecule has 3 rings (SSSR count). The Morgan fingerprint density at radius 1 is 1.13 bits per heavy atom. The van der Waals surface area contributed by atoms with E-state index in [-0.39, 0.29) is 29.5 Å². The van der Waals surface area contributed by atoms with Gasteiger partial charge in [0, 0.05) is 30.3 Å². The summed E-state index contributed by atoms with van der Waals surface area (Å²) in [7, 11) is 0. The number of thioether (sulfide) groups is 1. The number of rotatable bonds is 8. The SMILES string of the molecule is CCOc1ccccc1/C=C/C(=O)NCCN1C(=O)S/C(=C\c2ccccc2F)C1=O. The molecule has 0 radical (unpaired) electrons. The van der Waals surface area contributed by atoms with Gasteiger partial charge in [0.15, 0.2) is 0 Å². The average molecular weight is 440 g/mol. The predicted molar refractivity (Wildman–Crippen MR) is 119 cm³/mol. The van der Waals surface area contributed by atoms with Crippen LogP contribution in [-0.2, 0) is 9.59 Å². The number of nitrogens with zero attached hydrogens (tertiary/aromatic N) is 1. The van der Waals surface area contributed by atoms with Crippen molar-refractivity contribution in [3.05, 3.63) is 76.5 Å². The number of halogens is 1. The molecule has 1 aliphatic rings.